The predicted molar refractivity (Wildman–Crippen MR) is 51.1 cm³/mol. The highest BCUT2D eigenvalue weighted by atomic mass is 16.2. The normalized spacial score (nSPS) is 12.6. The molecule has 3 nitrogen and oxygen atoms in total. The fraction of sp³-hybridized carbons (Fsp3) is 0.889. The standard InChI is InChI=1S/C9H20N2O/c1-4-6-7-11-9(12)8(3)10-5-2/h8,10H,4-7H2,1-3H3,(H,11,12). The summed E-state index contributed by atoms with van der Waals surface area (Å²) in [5, 5.41) is 5.93. The zero-order chi connectivity index (χ0) is 9.40. The van der Waals surface area contributed by atoms with Crippen molar-refractivity contribution in [3.05, 3.63) is 0 Å². The molecule has 12 heavy (non-hydrogen) atoms. The lowest BCUT2D eigenvalue weighted by Gasteiger charge is -2.11. The van der Waals surface area contributed by atoms with Gasteiger partial charge in [-0.05, 0) is 19.9 Å². The second-order valence-electron chi connectivity index (χ2n) is 2.92. The fourth-order valence-corrected chi connectivity index (χ4v) is 0.940. The van der Waals surface area contributed by atoms with Crippen LogP contribution in [0.15, 0.2) is 0 Å². The van der Waals surface area contributed by atoms with Crippen LogP contribution < -0.4 is 10.6 Å². The van der Waals surface area contributed by atoms with Crippen LogP contribution in [0.4, 0.5) is 0 Å². The Kier molecular flexibility index (Phi) is 6.76. The van der Waals surface area contributed by atoms with Crippen molar-refractivity contribution in [3.63, 3.8) is 0 Å². The zero-order valence-corrected chi connectivity index (χ0v) is 8.31. The zero-order valence-electron chi connectivity index (χ0n) is 8.31. The van der Waals surface area contributed by atoms with Gasteiger partial charge in [0.15, 0.2) is 0 Å². The maximum absolute atomic E-state index is 11.2. The van der Waals surface area contributed by atoms with Crippen LogP contribution in [0.2, 0.25) is 0 Å². The van der Waals surface area contributed by atoms with Gasteiger partial charge in [0.25, 0.3) is 0 Å². The summed E-state index contributed by atoms with van der Waals surface area (Å²) in [7, 11) is 0. The quantitative estimate of drug-likeness (QED) is 0.584. The van der Waals surface area contributed by atoms with Gasteiger partial charge < -0.3 is 10.6 Å². The Bertz CT molecular complexity index is 126. The van der Waals surface area contributed by atoms with E-state index >= 15 is 0 Å². The largest absolute Gasteiger partial charge is 0.355 e. The topological polar surface area (TPSA) is 41.1 Å². The van der Waals surface area contributed by atoms with Gasteiger partial charge in [-0.1, -0.05) is 20.3 Å². The number of rotatable bonds is 6. The van der Waals surface area contributed by atoms with Crippen LogP contribution in [-0.2, 0) is 4.79 Å². The van der Waals surface area contributed by atoms with Gasteiger partial charge in [0, 0.05) is 6.54 Å². The highest BCUT2D eigenvalue weighted by molar-refractivity contribution is 5.81. The SMILES string of the molecule is CCCCNC(=O)C(C)NCC. The van der Waals surface area contributed by atoms with E-state index in [1.54, 1.807) is 0 Å². The third-order valence-electron chi connectivity index (χ3n) is 1.73. The van der Waals surface area contributed by atoms with Crippen LogP contribution in [-0.4, -0.2) is 25.0 Å². The van der Waals surface area contributed by atoms with Crippen molar-refractivity contribution in [2.24, 2.45) is 0 Å². The Balaban J connectivity index is 3.43. The monoisotopic (exact) mass is 172 g/mol. The van der Waals surface area contributed by atoms with Gasteiger partial charge in [0.1, 0.15) is 0 Å². The average Bonchev–Trinajstić information content (AvgIpc) is 2.05. The Labute approximate surface area is 74.9 Å². The van der Waals surface area contributed by atoms with Gasteiger partial charge >= 0.3 is 0 Å². The molecule has 0 aromatic rings. The van der Waals surface area contributed by atoms with Crippen LogP contribution in [0.1, 0.15) is 33.6 Å². The van der Waals surface area contributed by atoms with Crippen LogP contribution >= 0.6 is 0 Å². The van der Waals surface area contributed by atoms with Gasteiger partial charge in [-0.3, -0.25) is 4.79 Å². The number of likely N-dealkylation sites (N-methyl/N-ethyl adjacent to an activating group) is 1. The summed E-state index contributed by atoms with van der Waals surface area (Å²) in [6.07, 6.45) is 2.18. The van der Waals surface area contributed by atoms with E-state index in [-0.39, 0.29) is 11.9 Å². The summed E-state index contributed by atoms with van der Waals surface area (Å²) in [6.45, 7) is 7.62. The summed E-state index contributed by atoms with van der Waals surface area (Å²) < 4.78 is 0. The van der Waals surface area contributed by atoms with E-state index in [0.717, 1.165) is 25.9 Å². The molecule has 0 radical (unpaired) electrons. The summed E-state index contributed by atoms with van der Waals surface area (Å²) >= 11 is 0. The average molecular weight is 172 g/mol. The number of carbonyl (C=O) groups is 1. The van der Waals surface area contributed by atoms with Gasteiger partial charge in [0.2, 0.25) is 5.91 Å². The first-order valence-corrected chi connectivity index (χ1v) is 4.73. The molecule has 1 unspecified atom stereocenters. The predicted octanol–water partition coefficient (Wildman–Crippen LogP) is 0.901. The first-order valence-electron chi connectivity index (χ1n) is 4.73. The van der Waals surface area contributed by atoms with Crippen molar-refractivity contribution in [2.75, 3.05) is 13.1 Å². The summed E-state index contributed by atoms with van der Waals surface area (Å²) in [4.78, 5) is 11.2. The molecule has 0 aromatic carbocycles. The number of unbranched alkanes of at least 4 members (excludes halogenated alkanes) is 1. The van der Waals surface area contributed by atoms with Crippen molar-refractivity contribution >= 4 is 5.91 Å². The fourth-order valence-electron chi connectivity index (χ4n) is 0.940. The molecule has 2 N–H and O–H groups in total. The Morgan fingerprint density at radius 2 is 2.08 bits per heavy atom. The van der Waals surface area contributed by atoms with E-state index in [4.69, 9.17) is 0 Å². The third-order valence-corrected chi connectivity index (χ3v) is 1.73. The number of hydrogen-bond donors (Lipinski definition) is 2. The minimum Gasteiger partial charge on any atom is -0.355 e. The van der Waals surface area contributed by atoms with E-state index in [1.807, 2.05) is 13.8 Å². The molecule has 0 spiro atoms. The molecular weight excluding hydrogens is 152 g/mol. The molecule has 0 fully saturated rings. The Morgan fingerprint density at radius 1 is 1.42 bits per heavy atom. The lowest BCUT2D eigenvalue weighted by molar-refractivity contribution is -0.122. The van der Waals surface area contributed by atoms with Crippen molar-refractivity contribution in [3.8, 4) is 0 Å². The summed E-state index contributed by atoms with van der Waals surface area (Å²) in [6, 6.07) is -0.0631. The lowest BCUT2D eigenvalue weighted by Crippen LogP contribution is -2.42. The van der Waals surface area contributed by atoms with Crippen LogP contribution in [0.25, 0.3) is 0 Å². The molecule has 0 saturated carbocycles. The molecule has 0 aliphatic carbocycles. The molecular formula is C9H20N2O. The molecule has 0 rings (SSSR count). The Hall–Kier alpha value is -0.570. The van der Waals surface area contributed by atoms with Gasteiger partial charge in [-0.15, -0.1) is 0 Å². The van der Waals surface area contributed by atoms with E-state index in [2.05, 4.69) is 17.6 Å². The Morgan fingerprint density at radius 3 is 2.58 bits per heavy atom. The molecule has 0 aromatic heterocycles. The van der Waals surface area contributed by atoms with Crippen molar-refractivity contribution in [1.82, 2.24) is 10.6 Å². The first kappa shape index (κ1) is 11.4. The van der Waals surface area contributed by atoms with E-state index in [1.165, 1.54) is 0 Å². The molecule has 72 valence electrons. The minimum absolute atomic E-state index is 0.0631. The molecule has 3 heteroatoms. The molecule has 1 atom stereocenters. The highest BCUT2D eigenvalue weighted by Gasteiger charge is 2.08. The number of amides is 1. The van der Waals surface area contributed by atoms with Crippen LogP contribution in [0, 0.1) is 0 Å². The van der Waals surface area contributed by atoms with Gasteiger partial charge in [-0.25, -0.2) is 0 Å². The minimum atomic E-state index is -0.0631. The maximum atomic E-state index is 11.2. The maximum Gasteiger partial charge on any atom is 0.236 e. The van der Waals surface area contributed by atoms with Crippen molar-refractivity contribution < 1.29 is 4.79 Å². The summed E-state index contributed by atoms with van der Waals surface area (Å²) in [5.41, 5.74) is 0. The third kappa shape index (κ3) is 5.13. The van der Waals surface area contributed by atoms with Gasteiger partial charge in [-0.2, -0.15) is 0 Å². The second kappa shape index (κ2) is 7.10. The molecule has 1 amide bonds. The van der Waals surface area contributed by atoms with Crippen molar-refractivity contribution in [1.29, 1.82) is 0 Å². The number of carbonyl (C=O) groups excluding carboxylic acids is 1. The highest BCUT2D eigenvalue weighted by Crippen LogP contribution is 1.85. The van der Waals surface area contributed by atoms with Gasteiger partial charge in [0.05, 0.1) is 6.04 Å². The van der Waals surface area contributed by atoms with E-state index in [9.17, 15) is 4.79 Å². The van der Waals surface area contributed by atoms with Crippen molar-refractivity contribution in [2.45, 2.75) is 39.7 Å². The van der Waals surface area contributed by atoms with E-state index in [0.29, 0.717) is 0 Å². The molecule has 0 saturated heterocycles. The second-order valence-corrected chi connectivity index (χ2v) is 2.92. The van der Waals surface area contributed by atoms with Crippen LogP contribution in [0.5, 0.6) is 0 Å². The number of hydrogen-bond acceptors (Lipinski definition) is 2. The molecule has 0 aliphatic heterocycles. The molecule has 0 bridgehead atoms. The van der Waals surface area contributed by atoms with E-state index < -0.39 is 0 Å². The molecule has 0 aliphatic rings. The smallest absolute Gasteiger partial charge is 0.236 e. The summed E-state index contributed by atoms with van der Waals surface area (Å²) in [5.74, 6) is 0.102. The number of nitrogens with one attached hydrogen (secondary N) is 2. The molecule has 0 heterocycles. The lowest BCUT2D eigenvalue weighted by atomic mass is 10.3. The van der Waals surface area contributed by atoms with Crippen LogP contribution in [0.3, 0.4) is 0 Å². The first-order chi connectivity index (χ1) is 5.72.